The summed E-state index contributed by atoms with van der Waals surface area (Å²) in [7, 11) is 1.78. The number of rotatable bonds is 2. The Bertz CT molecular complexity index is 532. The topological polar surface area (TPSA) is 58.8 Å². The van der Waals surface area contributed by atoms with Crippen LogP contribution in [0.1, 0.15) is 24.9 Å². The molecule has 20 heavy (non-hydrogen) atoms. The van der Waals surface area contributed by atoms with Gasteiger partial charge < -0.3 is 20.3 Å². The Balaban J connectivity index is 1.88. The van der Waals surface area contributed by atoms with Gasteiger partial charge in [-0.1, -0.05) is 13.0 Å². The van der Waals surface area contributed by atoms with E-state index in [1.165, 1.54) is 0 Å². The van der Waals surface area contributed by atoms with Crippen LogP contribution in [-0.2, 0) is 9.53 Å². The number of hydrogen-bond donors (Lipinski definition) is 1. The first-order valence-corrected chi connectivity index (χ1v) is 7.15. The molecule has 2 unspecified atom stereocenters. The maximum atomic E-state index is 11.9. The highest BCUT2D eigenvalue weighted by molar-refractivity contribution is 6.04. The first-order chi connectivity index (χ1) is 9.61. The minimum Gasteiger partial charge on any atom is -0.375 e. The molecule has 2 aliphatic rings. The molecule has 5 heteroatoms. The summed E-state index contributed by atoms with van der Waals surface area (Å²) < 4.78 is 5.70. The van der Waals surface area contributed by atoms with Crippen molar-refractivity contribution in [2.45, 2.75) is 25.5 Å². The molecule has 1 fully saturated rings. The van der Waals surface area contributed by atoms with Crippen LogP contribution in [0.3, 0.4) is 0 Å². The molecule has 2 atom stereocenters. The van der Waals surface area contributed by atoms with E-state index in [0.717, 1.165) is 43.1 Å². The number of carbonyl (C=O) groups is 1. The summed E-state index contributed by atoms with van der Waals surface area (Å²) in [4.78, 5) is 15.9. The Morgan fingerprint density at radius 2 is 2.25 bits per heavy atom. The van der Waals surface area contributed by atoms with Crippen molar-refractivity contribution in [2.75, 3.05) is 36.5 Å². The summed E-state index contributed by atoms with van der Waals surface area (Å²) in [5.74, 6) is -0.0365. The van der Waals surface area contributed by atoms with E-state index in [0.29, 0.717) is 6.10 Å². The van der Waals surface area contributed by atoms with Crippen molar-refractivity contribution in [1.29, 1.82) is 0 Å². The largest absolute Gasteiger partial charge is 0.375 e. The van der Waals surface area contributed by atoms with Gasteiger partial charge in [0, 0.05) is 31.4 Å². The quantitative estimate of drug-likeness (QED) is 0.883. The van der Waals surface area contributed by atoms with Gasteiger partial charge in [-0.05, 0) is 18.6 Å². The Morgan fingerprint density at radius 3 is 3.00 bits per heavy atom. The smallest absolute Gasteiger partial charge is 0.248 e. The van der Waals surface area contributed by atoms with Gasteiger partial charge in [0.05, 0.1) is 18.4 Å². The Labute approximate surface area is 119 Å². The van der Waals surface area contributed by atoms with Crippen molar-refractivity contribution in [3.05, 3.63) is 23.8 Å². The second-order valence-electron chi connectivity index (χ2n) is 5.47. The second-order valence-corrected chi connectivity index (χ2v) is 5.47. The van der Waals surface area contributed by atoms with Gasteiger partial charge in [-0.15, -0.1) is 0 Å². The molecule has 5 nitrogen and oxygen atoms in total. The number of hydrogen-bond acceptors (Lipinski definition) is 4. The molecular weight excluding hydrogens is 254 g/mol. The maximum Gasteiger partial charge on any atom is 0.248 e. The molecule has 2 heterocycles. The van der Waals surface area contributed by atoms with Crippen molar-refractivity contribution in [3.8, 4) is 0 Å². The fraction of sp³-hybridized carbons (Fsp3) is 0.533. The van der Waals surface area contributed by atoms with Crippen LogP contribution in [0.25, 0.3) is 0 Å². The molecule has 0 radical (unpaired) electrons. The number of benzene rings is 1. The summed E-state index contributed by atoms with van der Waals surface area (Å²) in [6.45, 7) is 4.68. The summed E-state index contributed by atoms with van der Waals surface area (Å²) in [5, 5.41) is 0. The van der Waals surface area contributed by atoms with E-state index in [1.54, 1.807) is 11.9 Å². The highest BCUT2D eigenvalue weighted by atomic mass is 16.5. The first-order valence-electron chi connectivity index (χ1n) is 7.15. The molecule has 0 aromatic heterocycles. The van der Waals surface area contributed by atoms with E-state index in [-0.39, 0.29) is 5.91 Å². The van der Waals surface area contributed by atoms with Crippen LogP contribution in [0.5, 0.6) is 0 Å². The van der Waals surface area contributed by atoms with E-state index >= 15 is 0 Å². The number of amides is 1. The monoisotopic (exact) mass is 275 g/mol. The standard InChI is InChI=1S/C15H21N3O2/c1-3-11-9-18(6-7-20-11)10-4-5-12-13(8-10)17(2)15(19)14(12)16/h4-5,8,11,14H,3,6-7,9,16H2,1-2H3. The SMILES string of the molecule is CCC1CN(c2ccc3c(c2)N(C)C(=O)C3N)CCO1. The van der Waals surface area contributed by atoms with Crippen molar-refractivity contribution in [2.24, 2.45) is 5.73 Å². The zero-order valence-electron chi connectivity index (χ0n) is 12.0. The predicted octanol–water partition coefficient (Wildman–Crippen LogP) is 1.28. The van der Waals surface area contributed by atoms with Gasteiger partial charge in [0.2, 0.25) is 5.91 Å². The molecule has 0 spiro atoms. The third-order valence-corrected chi connectivity index (χ3v) is 4.27. The van der Waals surface area contributed by atoms with Gasteiger partial charge in [0.1, 0.15) is 6.04 Å². The van der Waals surface area contributed by atoms with Crippen molar-refractivity contribution in [3.63, 3.8) is 0 Å². The normalized spacial score (nSPS) is 26.1. The molecule has 2 N–H and O–H groups in total. The fourth-order valence-corrected chi connectivity index (χ4v) is 2.94. The summed E-state index contributed by atoms with van der Waals surface area (Å²) >= 11 is 0. The summed E-state index contributed by atoms with van der Waals surface area (Å²) in [6, 6.07) is 5.59. The predicted molar refractivity (Wildman–Crippen MR) is 79.0 cm³/mol. The molecule has 108 valence electrons. The van der Waals surface area contributed by atoms with Crippen molar-refractivity contribution < 1.29 is 9.53 Å². The lowest BCUT2D eigenvalue weighted by Crippen LogP contribution is -2.42. The minimum atomic E-state index is -0.517. The van der Waals surface area contributed by atoms with E-state index in [9.17, 15) is 4.79 Å². The lowest BCUT2D eigenvalue weighted by Gasteiger charge is -2.34. The van der Waals surface area contributed by atoms with Crippen LogP contribution in [0.2, 0.25) is 0 Å². The van der Waals surface area contributed by atoms with E-state index < -0.39 is 6.04 Å². The molecular formula is C15H21N3O2. The lowest BCUT2D eigenvalue weighted by atomic mass is 10.1. The highest BCUT2D eigenvalue weighted by Crippen LogP contribution is 2.36. The molecule has 1 aromatic carbocycles. The maximum absolute atomic E-state index is 11.9. The van der Waals surface area contributed by atoms with Crippen LogP contribution in [0.15, 0.2) is 18.2 Å². The molecule has 2 aliphatic heterocycles. The van der Waals surface area contributed by atoms with Crippen LogP contribution >= 0.6 is 0 Å². The first kappa shape index (κ1) is 13.4. The van der Waals surface area contributed by atoms with Crippen molar-refractivity contribution >= 4 is 17.3 Å². The zero-order valence-corrected chi connectivity index (χ0v) is 12.0. The molecule has 0 saturated carbocycles. The third kappa shape index (κ3) is 2.07. The highest BCUT2D eigenvalue weighted by Gasteiger charge is 2.33. The van der Waals surface area contributed by atoms with E-state index in [4.69, 9.17) is 10.5 Å². The Morgan fingerprint density at radius 1 is 1.45 bits per heavy atom. The van der Waals surface area contributed by atoms with E-state index in [2.05, 4.69) is 24.0 Å². The number of nitrogens with zero attached hydrogens (tertiary/aromatic N) is 2. The fourth-order valence-electron chi connectivity index (χ4n) is 2.94. The van der Waals surface area contributed by atoms with Gasteiger partial charge in [-0.2, -0.15) is 0 Å². The van der Waals surface area contributed by atoms with E-state index in [1.807, 2.05) is 6.07 Å². The van der Waals surface area contributed by atoms with Gasteiger partial charge in [0.15, 0.2) is 0 Å². The average Bonchev–Trinajstić information content (AvgIpc) is 2.72. The van der Waals surface area contributed by atoms with Gasteiger partial charge in [0.25, 0.3) is 0 Å². The number of anilines is 2. The number of carbonyl (C=O) groups excluding carboxylic acids is 1. The number of nitrogens with two attached hydrogens (primary N) is 1. The molecule has 0 bridgehead atoms. The van der Waals surface area contributed by atoms with Gasteiger partial charge in [-0.25, -0.2) is 0 Å². The Hall–Kier alpha value is -1.59. The molecule has 1 saturated heterocycles. The van der Waals surface area contributed by atoms with Crippen LogP contribution in [0, 0.1) is 0 Å². The Kier molecular flexibility index (Phi) is 3.40. The second kappa shape index (κ2) is 5.07. The van der Waals surface area contributed by atoms with Crippen molar-refractivity contribution in [1.82, 2.24) is 0 Å². The number of morpholine rings is 1. The number of fused-ring (bicyclic) bond motifs is 1. The van der Waals surface area contributed by atoms with Crippen LogP contribution in [0.4, 0.5) is 11.4 Å². The molecule has 3 rings (SSSR count). The van der Waals surface area contributed by atoms with Gasteiger partial charge >= 0.3 is 0 Å². The molecule has 1 aromatic rings. The van der Waals surface area contributed by atoms with Gasteiger partial charge in [-0.3, -0.25) is 4.79 Å². The van der Waals surface area contributed by atoms with Crippen LogP contribution < -0.4 is 15.5 Å². The third-order valence-electron chi connectivity index (χ3n) is 4.27. The van der Waals surface area contributed by atoms with Crippen LogP contribution in [-0.4, -0.2) is 38.8 Å². The molecule has 1 amide bonds. The summed E-state index contributed by atoms with van der Waals surface area (Å²) in [5.41, 5.74) is 8.91. The zero-order chi connectivity index (χ0) is 14.3. The molecule has 0 aliphatic carbocycles. The number of likely N-dealkylation sites (N-methyl/N-ethyl adjacent to an activating group) is 1. The minimum absolute atomic E-state index is 0.0365. The average molecular weight is 275 g/mol. The number of ether oxygens (including phenoxy) is 1. The lowest BCUT2D eigenvalue weighted by molar-refractivity contribution is -0.118. The summed E-state index contributed by atoms with van der Waals surface area (Å²) in [6.07, 6.45) is 1.31.